The highest BCUT2D eigenvalue weighted by Crippen LogP contribution is 2.74. The van der Waals surface area contributed by atoms with E-state index in [-0.39, 0.29) is 6.04 Å². The van der Waals surface area contributed by atoms with Crippen LogP contribution in [-0.2, 0) is 0 Å². The van der Waals surface area contributed by atoms with Gasteiger partial charge >= 0.3 is 0 Å². The van der Waals surface area contributed by atoms with Gasteiger partial charge in [0.1, 0.15) is 0 Å². The largest absolute Gasteiger partial charge is 0.327 e. The van der Waals surface area contributed by atoms with Crippen LogP contribution >= 0.6 is 77.4 Å². The van der Waals surface area contributed by atoms with Crippen molar-refractivity contribution in [2.24, 2.45) is 28.9 Å². The molecule has 9 unspecified atom stereocenters. The molecule has 5 aliphatic rings. The molecule has 3 saturated heterocycles. The predicted molar refractivity (Wildman–Crippen MR) is 119 cm³/mol. The van der Waals surface area contributed by atoms with E-state index in [4.69, 9.17) is 5.73 Å². The molecule has 130 valence electrons. The van der Waals surface area contributed by atoms with Gasteiger partial charge in [0.25, 0.3) is 0 Å². The Morgan fingerprint density at radius 2 is 2.04 bits per heavy atom. The lowest BCUT2D eigenvalue weighted by Gasteiger charge is -2.56. The summed E-state index contributed by atoms with van der Waals surface area (Å²) < 4.78 is 0. The Morgan fingerprint density at radius 3 is 2.83 bits per heavy atom. The minimum Gasteiger partial charge on any atom is -0.327 e. The number of nitrogens with two attached hydrogens (primary N) is 1. The summed E-state index contributed by atoms with van der Waals surface area (Å²) in [6.45, 7) is 0. The van der Waals surface area contributed by atoms with E-state index in [0.717, 1.165) is 38.6 Å². The molecule has 8 heteroatoms. The van der Waals surface area contributed by atoms with E-state index in [1.54, 1.807) is 0 Å². The van der Waals surface area contributed by atoms with Crippen molar-refractivity contribution in [2.75, 3.05) is 17.3 Å². The maximum atomic E-state index is 6.60. The van der Waals surface area contributed by atoms with Gasteiger partial charge in [0, 0.05) is 49.7 Å². The number of fused-ring (bicyclic) bond motifs is 2. The molecule has 23 heavy (non-hydrogen) atoms. The summed E-state index contributed by atoms with van der Waals surface area (Å²) in [5.41, 5.74) is 7.19. The molecular weight excluding hydrogens is 419 g/mol. The second-order valence-corrected chi connectivity index (χ2v) is 15.7. The molecule has 2 aliphatic carbocycles. The fourth-order valence-electron chi connectivity index (χ4n) is 5.52. The van der Waals surface area contributed by atoms with Crippen LogP contribution in [-0.4, -0.2) is 44.3 Å². The normalized spacial score (nSPS) is 55.8. The van der Waals surface area contributed by atoms with Crippen LogP contribution in [0.5, 0.6) is 0 Å². The molecule has 2 bridgehead atoms. The van der Waals surface area contributed by atoms with Crippen molar-refractivity contribution in [2.45, 2.75) is 46.3 Å². The van der Waals surface area contributed by atoms with Crippen molar-refractivity contribution in [3.63, 3.8) is 0 Å². The molecule has 0 aromatic carbocycles. The Bertz CT molecular complexity index is 479. The van der Waals surface area contributed by atoms with Crippen LogP contribution in [0.3, 0.4) is 0 Å². The van der Waals surface area contributed by atoms with Crippen molar-refractivity contribution in [1.29, 1.82) is 0 Å². The van der Waals surface area contributed by atoms with E-state index in [1.165, 1.54) is 30.8 Å². The van der Waals surface area contributed by atoms with Crippen LogP contribution in [0.15, 0.2) is 0 Å². The molecule has 2 N–H and O–H groups in total. The molecule has 0 aromatic heterocycles. The third-order valence-corrected chi connectivity index (χ3v) is 17.1. The lowest BCUT2D eigenvalue weighted by molar-refractivity contribution is 0.0529. The van der Waals surface area contributed by atoms with E-state index >= 15 is 0 Å². The Hall–Kier alpha value is 2.41. The van der Waals surface area contributed by atoms with Gasteiger partial charge in [-0.25, -0.2) is 0 Å². The summed E-state index contributed by atoms with van der Waals surface area (Å²) in [6, 6.07) is 0.286. The number of hydrogen-bond donors (Lipinski definition) is 2. The fourth-order valence-corrected chi connectivity index (χ4v) is 17.4. The molecule has 1 spiro atoms. The van der Waals surface area contributed by atoms with Crippen LogP contribution in [0.1, 0.15) is 19.3 Å². The molecule has 3 heterocycles. The van der Waals surface area contributed by atoms with Crippen molar-refractivity contribution >= 4 is 77.4 Å². The molecule has 0 radical (unpaired) electrons. The first kappa shape index (κ1) is 17.5. The molecule has 5 fully saturated rings. The molecule has 1 nitrogen and oxygen atoms in total. The summed E-state index contributed by atoms with van der Waals surface area (Å²) >= 11 is 4.58. The van der Waals surface area contributed by atoms with Gasteiger partial charge in [0.2, 0.25) is 0 Å². The quantitative estimate of drug-likeness (QED) is 0.463. The highest BCUT2D eigenvalue weighted by atomic mass is 33.1. The van der Waals surface area contributed by atoms with E-state index in [9.17, 15) is 0 Å². The van der Waals surface area contributed by atoms with Crippen molar-refractivity contribution in [3.05, 3.63) is 0 Å². The maximum absolute atomic E-state index is 6.60. The van der Waals surface area contributed by atoms with Crippen molar-refractivity contribution in [3.8, 4) is 0 Å². The Labute approximate surface area is 168 Å². The third kappa shape index (κ3) is 2.54. The first-order valence-electron chi connectivity index (χ1n) is 8.51. The lowest BCUT2D eigenvalue weighted by Crippen LogP contribution is -2.60. The minimum atomic E-state index is 0.286. The van der Waals surface area contributed by atoms with Crippen LogP contribution < -0.4 is 5.73 Å². The summed E-state index contributed by atoms with van der Waals surface area (Å²) in [7, 11) is 13.2. The van der Waals surface area contributed by atoms with Crippen LogP contribution in [0.4, 0.5) is 0 Å². The Morgan fingerprint density at radius 1 is 1.13 bits per heavy atom. The monoisotopic (exact) mass is 441 g/mol. The highest BCUT2D eigenvalue weighted by molar-refractivity contribution is 8.80. The maximum Gasteiger partial charge on any atom is 0.0313 e. The Kier molecular flexibility index (Phi) is 5.16. The summed E-state index contributed by atoms with van der Waals surface area (Å²) in [6.07, 6.45) is 4.30. The first-order chi connectivity index (χ1) is 11.3. The Balaban J connectivity index is 1.59. The summed E-state index contributed by atoms with van der Waals surface area (Å²) in [5.74, 6) is 5.96. The predicted octanol–water partition coefficient (Wildman–Crippen LogP) is 4.94. The summed E-state index contributed by atoms with van der Waals surface area (Å²) in [5, 5.41) is 3.59. The van der Waals surface area contributed by atoms with Gasteiger partial charge in [-0.2, -0.15) is 12.6 Å². The zero-order chi connectivity index (χ0) is 15.6. The standard InChI is InChI=1S/C15H23NS7/c16-10(4-17)7-3-9-13-11(20-22-13)1-2-12-15(9)6-19-18-5-8(7)14(15)23-21-12/h7-14,17H,1-6,16H2. The first-order valence-corrected chi connectivity index (χ1v) is 16.2. The van der Waals surface area contributed by atoms with Gasteiger partial charge in [-0.05, 0) is 37.0 Å². The lowest BCUT2D eigenvalue weighted by atomic mass is 9.56. The smallest absolute Gasteiger partial charge is 0.0313 e. The highest BCUT2D eigenvalue weighted by Gasteiger charge is 2.67. The van der Waals surface area contributed by atoms with Gasteiger partial charge < -0.3 is 5.73 Å². The molecule has 9 atom stereocenters. The zero-order valence-corrected chi connectivity index (χ0v) is 18.6. The number of hydrogen-bond acceptors (Lipinski definition) is 8. The average molecular weight is 442 g/mol. The van der Waals surface area contributed by atoms with Gasteiger partial charge in [-0.15, -0.1) is 0 Å². The van der Waals surface area contributed by atoms with E-state index < -0.39 is 0 Å². The second-order valence-electron chi connectivity index (χ2n) is 7.55. The number of rotatable bonds is 2. The molecule has 0 aromatic rings. The molecule has 5 rings (SSSR count). The third-order valence-electron chi connectivity index (χ3n) is 6.74. The van der Waals surface area contributed by atoms with Crippen LogP contribution in [0.2, 0.25) is 0 Å². The molecule has 0 amide bonds. The van der Waals surface area contributed by atoms with Gasteiger partial charge in [-0.3, -0.25) is 0 Å². The SMILES string of the molecule is NC(CS)C1CC2C3SSC3CCC3SSC4C1CSSCC324. The van der Waals surface area contributed by atoms with E-state index in [0.29, 0.717) is 11.3 Å². The van der Waals surface area contributed by atoms with E-state index in [1.807, 2.05) is 0 Å². The van der Waals surface area contributed by atoms with Crippen molar-refractivity contribution < 1.29 is 0 Å². The van der Waals surface area contributed by atoms with Crippen molar-refractivity contribution in [1.82, 2.24) is 0 Å². The second kappa shape index (κ2) is 6.78. The fraction of sp³-hybridized carbons (Fsp3) is 1.00. The van der Waals surface area contributed by atoms with Gasteiger partial charge in [0.15, 0.2) is 0 Å². The molecule has 2 saturated carbocycles. The number of thiol groups is 1. The molecule has 3 aliphatic heterocycles. The molecular formula is C15H23NS7. The van der Waals surface area contributed by atoms with E-state index in [2.05, 4.69) is 77.4 Å². The van der Waals surface area contributed by atoms with Crippen LogP contribution in [0.25, 0.3) is 0 Å². The average Bonchev–Trinajstić information content (AvgIpc) is 2.79. The van der Waals surface area contributed by atoms with Crippen LogP contribution in [0, 0.1) is 23.2 Å². The minimum absolute atomic E-state index is 0.286. The van der Waals surface area contributed by atoms with Gasteiger partial charge in [0.05, 0.1) is 0 Å². The zero-order valence-electron chi connectivity index (χ0n) is 12.8. The summed E-state index contributed by atoms with van der Waals surface area (Å²) in [4.78, 5) is 0. The van der Waals surface area contributed by atoms with Gasteiger partial charge in [-0.1, -0.05) is 64.8 Å². The topological polar surface area (TPSA) is 26.0 Å².